The zero-order valence-electron chi connectivity index (χ0n) is 11.5. The molecule has 1 aliphatic rings. The van der Waals surface area contributed by atoms with Crippen molar-refractivity contribution in [3.8, 4) is 5.75 Å². The van der Waals surface area contributed by atoms with Crippen molar-refractivity contribution in [3.05, 3.63) is 57.6 Å². The lowest BCUT2D eigenvalue weighted by Gasteiger charge is -2.12. The summed E-state index contributed by atoms with van der Waals surface area (Å²) in [6, 6.07) is 11.4. The van der Waals surface area contributed by atoms with Gasteiger partial charge in [-0.1, -0.05) is 23.2 Å². The number of methoxy groups -OCH3 is 1. The first-order chi connectivity index (χ1) is 10.2. The predicted octanol–water partition coefficient (Wildman–Crippen LogP) is 4.26. The highest BCUT2D eigenvalue weighted by atomic mass is 35.5. The Labute approximate surface area is 133 Å². The van der Waals surface area contributed by atoms with Crippen LogP contribution in [-0.2, 0) is 0 Å². The van der Waals surface area contributed by atoms with Crippen molar-refractivity contribution in [2.24, 2.45) is 4.99 Å². The predicted molar refractivity (Wildman–Crippen MR) is 88.5 cm³/mol. The van der Waals surface area contributed by atoms with Gasteiger partial charge >= 0.3 is 0 Å². The smallest absolute Gasteiger partial charge is 0.137 e. The number of benzene rings is 2. The zero-order chi connectivity index (χ0) is 14.8. The Hall–Kier alpha value is -1.71. The quantitative estimate of drug-likeness (QED) is 0.896. The minimum absolute atomic E-state index is 0.568. The monoisotopic (exact) mass is 320 g/mol. The summed E-state index contributed by atoms with van der Waals surface area (Å²) < 4.78 is 5.20. The van der Waals surface area contributed by atoms with Gasteiger partial charge in [-0.3, -0.25) is 4.99 Å². The van der Waals surface area contributed by atoms with Crippen LogP contribution in [0.4, 0.5) is 5.69 Å². The highest BCUT2D eigenvalue weighted by Gasteiger charge is 2.16. The molecule has 108 valence electrons. The standard InChI is InChI=1S/C16H14Cl2N2O/c1-21-15-5-2-10(8-13(15)18)16-12-9-11(17)3-4-14(12)19-6-7-20-16/h2-5,8-9,19H,6-7H2,1H3. The Kier molecular flexibility index (Phi) is 4.04. The van der Waals surface area contributed by atoms with Crippen LogP contribution in [0, 0.1) is 0 Å². The molecule has 0 radical (unpaired) electrons. The molecule has 3 nitrogen and oxygen atoms in total. The molecule has 1 heterocycles. The van der Waals surface area contributed by atoms with Crippen molar-refractivity contribution in [2.75, 3.05) is 25.5 Å². The zero-order valence-corrected chi connectivity index (χ0v) is 13.0. The molecule has 0 amide bonds. The van der Waals surface area contributed by atoms with Gasteiger partial charge in [0.1, 0.15) is 5.75 Å². The number of nitrogens with one attached hydrogen (secondary N) is 1. The number of halogens is 2. The van der Waals surface area contributed by atoms with E-state index >= 15 is 0 Å². The van der Waals surface area contributed by atoms with Crippen molar-refractivity contribution >= 4 is 34.6 Å². The van der Waals surface area contributed by atoms with Crippen LogP contribution < -0.4 is 10.1 Å². The first kappa shape index (κ1) is 14.2. The molecule has 0 bridgehead atoms. The SMILES string of the molecule is COc1ccc(C2=NCCNc3ccc(Cl)cc32)cc1Cl. The molecule has 3 rings (SSSR count). The third-order valence-electron chi connectivity index (χ3n) is 3.36. The summed E-state index contributed by atoms with van der Waals surface area (Å²) in [5.74, 6) is 0.652. The number of hydrogen-bond acceptors (Lipinski definition) is 3. The number of aliphatic imine (C=N–C) groups is 1. The Morgan fingerprint density at radius 2 is 2.00 bits per heavy atom. The van der Waals surface area contributed by atoms with Crippen molar-refractivity contribution in [2.45, 2.75) is 0 Å². The summed E-state index contributed by atoms with van der Waals surface area (Å²) in [7, 11) is 1.60. The van der Waals surface area contributed by atoms with Crippen molar-refractivity contribution in [1.82, 2.24) is 0 Å². The molecule has 5 heteroatoms. The molecule has 21 heavy (non-hydrogen) atoms. The molecule has 1 aliphatic heterocycles. The lowest BCUT2D eigenvalue weighted by atomic mass is 10.0. The van der Waals surface area contributed by atoms with Crippen LogP contribution in [0.15, 0.2) is 41.4 Å². The molecule has 0 aromatic heterocycles. The molecule has 0 unspecified atom stereocenters. The van der Waals surface area contributed by atoms with Crippen LogP contribution in [0.1, 0.15) is 11.1 Å². The Bertz CT molecular complexity index is 713. The molecular weight excluding hydrogens is 307 g/mol. The van der Waals surface area contributed by atoms with Gasteiger partial charge in [0.25, 0.3) is 0 Å². The van der Waals surface area contributed by atoms with Crippen molar-refractivity contribution < 1.29 is 4.74 Å². The van der Waals surface area contributed by atoms with Crippen LogP contribution in [0.3, 0.4) is 0 Å². The summed E-state index contributed by atoms with van der Waals surface area (Å²) in [5, 5.41) is 4.61. The number of hydrogen-bond donors (Lipinski definition) is 1. The van der Waals surface area contributed by atoms with Crippen LogP contribution in [0.5, 0.6) is 5.75 Å². The van der Waals surface area contributed by atoms with Gasteiger partial charge in [0.15, 0.2) is 0 Å². The molecule has 0 spiro atoms. The van der Waals surface area contributed by atoms with Gasteiger partial charge in [-0.05, 0) is 36.4 Å². The molecule has 0 fully saturated rings. The number of benzodiazepines with no additional fused rings is 1. The lowest BCUT2D eigenvalue weighted by Crippen LogP contribution is -2.05. The summed E-state index contributed by atoms with van der Waals surface area (Å²) in [4.78, 5) is 4.67. The maximum atomic E-state index is 6.23. The maximum absolute atomic E-state index is 6.23. The second-order valence-electron chi connectivity index (χ2n) is 4.70. The number of rotatable bonds is 2. The molecule has 2 aromatic carbocycles. The highest BCUT2D eigenvalue weighted by molar-refractivity contribution is 6.33. The van der Waals surface area contributed by atoms with Gasteiger partial charge in [-0.15, -0.1) is 0 Å². The van der Waals surface area contributed by atoms with Crippen LogP contribution in [0.2, 0.25) is 10.0 Å². The molecule has 0 saturated carbocycles. The Balaban J connectivity index is 2.12. The molecule has 2 aromatic rings. The van der Waals surface area contributed by atoms with Gasteiger partial charge in [-0.2, -0.15) is 0 Å². The van der Waals surface area contributed by atoms with E-state index in [0.29, 0.717) is 22.3 Å². The third-order valence-corrected chi connectivity index (χ3v) is 3.89. The average Bonchev–Trinajstić information content (AvgIpc) is 2.69. The lowest BCUT2D eigenvalue weighted by molar-refractivity contribution is 0.415. The van der Waals surface area contributed by atoms with Gasteiger partial charge in [0.2, 0.25) is 0 Å². The molecule has 0 saturated heterocycles. The van der Waals surface area contributed by atoms with Gasteiger partial charge < -0.3 is 10.1 Å². The van der Waals surface area contributed by atoms with Crippen LogP contribution in [-0.4, -0.2) is 25.9 Å². The number of nitrogens with zero attached hydrogens (tertiary/aromatic N) is 1. The van der Waals surface area contributed by atoms with E-state index in [0.717, 1.165) is 29.1 Å². The molecular formula is C16H14Cl2N2O. The first-order valence-electron chi connectivity index (χ1n) is 6.61. The van der Waals surface area contributed by atoms with E-state index in [1.807, 2.05) is 36.4 Å². The summed E-state index contributed by atoms with van der Waals surface area (Å²) in [6.07, 6.45) is 0. The van der Waals surface area contributed by atoms with E-state index in [1.54, 1.807) is 7.11 Å². The molecule has 0 aliphatic carbocycles. The second kappa shape index (κ2) is 5.96. The number of ether oxygens (including phenoxy) is 1. The summed E-state index contributed by atoms with van der Waals surface area (Å²) in [5.41, 5.74) is 3.86. The van der Waals surface area contributed by atoms with E-state index in [-0.39, 0.29) is 0 Å². The van der Waals surface area contributed by atoms with E-state index in [1.165, 1.54) is 0 Å². The van der Waals surface area contributed by atoms with Crippen molar-refractivity contribution in [1.29, 1.82) is 0 Å². The minimum atomic E-state index is 0.568. The largest absolute Gasteiger partial charge is 0.495 e. The molecule has 1 N–H and O–H groups in total. The van der Waals surface area contributed by atoms with Gasteiger partial charge in [-0.25, -0.2) is 0 Å². The number of fused-ring (bicyclic) bond motifs is 1. The topological polar surface area (TPSA) is 33.6 Å². The normalized spacial score (nSPS) is 13.8. The highest BCUT2D eigenvalue weighted by Crippen LogP contribution is 2.29. The summed E-state index contributed by atoms with van der Waals surface area (Å²) >= 11 is 12.4. The van der Waals surface area contributed by atoms with E-state index < -0.39 is 0 Å². The first-order valence-corrected chi connectivity index (χ1v) is 7.37. The average molecular weight is 321 g/mol. The summed E-state index contributed by atoms with van der Waals surface area (Å²) in [6.45, 7) is 1.49. The minimum Gasteiger partial charge on any atom is -0.495 e. The van der Waals surface area contributed by atoms with Crippen LogP contribution in [0.25, 0.3) is 0 Å². The van der Waals surface area contributed by atoms with E-state index in [9.17, 15) is 0 Å². The van der Waals surface area contributed by atoms with E-state index in [2.05, 4.69) is 10.3 Å². The second-order valence-corrected chi connectivity index (χ2v) is 5.54. The van der Waals surface area contributed by atoms with Crippen molar-refractivity contribution in [3.63, 3.8) is 0 Å². The maximum Gasteiger partial charge on any atom is 0.137 e. The van der Waals surface area contributed by atoms with E-state index in [4.69, 9.17) is 27.9 Å². The fourth-order valence-corrected chi connectivity index (χ4v) is 2.80. The number of anilines is 1. The Morgan fingerprint density at radius 3 is 2.76 bits per heavy atom. The Morgan fingerprint density at radius 1 is 1.14 bits per heavy atom. The van der Waals surface area contributed by atoms with Gasteiger partial charge in [0, 0.05) is 28.4 Å². The fraction of sp³-hybridized carbons (Fsp3) is 0.188. The van der Waals surface area contributed by atoms with Crippen LogP contribution >= 0.6 is 23.2 Å². The fourth-order valence-electron chi connectivity index (χ4n) is 2.37. The molecule has 0 atom stereocenters. The van der Waals surface area contributed by atoms with Gasteiger partial charge in [0.05, 0.1) is 24.4 Å². The third kappa shape index (κ3) is 2.85.